The van der Waals surface area contributed by atoms with E-state index in [-0.39, 0.29) is 11.8 Å². The molecule has 1 aliphatic carbocycles. The molecule has 126 valence electrons. The van der Waals surface area contributed by atoms with E-state index < -0.39 is 0 Å². The molecule has 1 aliphatic heterocycles. The standard InChI is InChI=1S/C19H23N3O2/c1-13-11-22(19(23)15-9-5-6-10-15)12-16(13)18-20-17(21-24-18)14-7-3-2-4-8-14/h2-4,7-8,13,15-16H,5-6,9-12H2,1H3/t13-,16-/m0/s1. The van der Waals surface area contributed by atoms with E-state index in [1.165, 1.54) is 12.8 Å². The molecule has 0 bridgehead atoms. The van der Waals surface area contributed by atoms with Crippen molar-refractivity contribution in [1.29, 1.82) is 0 Å². The molecule has 1 saturated carbocycles. The third kappa shape index (κ3) is 2.83. The molecular formula is C19H23N3O2. The summed E-state index contributed by atoms with van der Waals surface area (Å²) in [5.41, 5.74) is 0.956. The number of amides is 1. The third-order valence-corrected chi connectivity index (χ3v) is 5.42. The molecule has 1 aromatic heterocycles. The van der Waals surface area contributed by atoms with Gasteiger partial charge in [-0.3, -0.25) is 4.79 Å². The third-order valence-electron chi connectivity index (χ3n) is 5.42. The van der Waals surface area contributed by atoms with E-state index >= 15 is 0 Å². The minimum atomic E-state index is 0.139. The number of nitrogens with zero attached hydrogens (tertiary/aromatic N) is 3. The van der Waals surface area contributed by atoms with Crippen molar-refractivity contribution in [1.82, 2.24) is 15.0 Å². The molecule has 4 rings (SSSR count). The SMILES string of the molecule is C[C@H]1CN(C(=O)C2CCCC2)C[C@@H]1c1nc(-c2ccccc2)no1. The highest BCUT2D eigenvalue weighted by Gasteiger charge is 2.39. The van der Waals surface area contributed by atoms with E-state index in [0.717, 1.165) is 24.9 Å². The van der Waals surface area contributed by atoms with Gasteiger partial charge in [0.05, 0.1) is 5.92 Å². The van der Waals surface area contributed by atoms with Crippen molar-refractivity contribution in [3.05, 3.63) is 36.2 Å². The minimum Gasteiger partial charge on any atom is -0.341 e. The van der Waals surface area contributed by atoms with Crippen molar-refractivity contribution in [2.75, 3.05) is 13.1 Å². The van der Waals surface area contributed by atoms with Gasteiger partial charge in [0.25, 0.3) is 0 Å². The van der Waals surface area contributed by atoms with Gasteiger partial charge in [0.1, 0.15) is 0 Å². The van der Waals surface area contributed by atoms with Gasteiger partial charge >= 0.3 is 0 Å². The van der Waals surface area contributed by atoms with E-state index in [0.29, 0.717) is 30.1 Å². The average molecular weight is 325 g/mol. The first-order chi connectivity index (χ1) is 11.7. The van der Waals surface area contributed by atoms with Gasteiger partial charge in [0.2, 0.25) is 17.6 Å². The maximum Gasteiger partial charge on any atom is 0.232 e. The lowest BCUT2D eigenvalue weighted by Crippen LogP contribution is -2.33. The second kappa shape index (κ2) is 6.38. The number of carbonyl (C=O) groups is 1. The highest BCUT2D eigenvalue weighted by molar-refractivity contribution is 5.79. The van der Waals surface area contributed by atoms with Crippen LogP contribution in [0, 0.1) is 11.8 Å². The first kappa shape index (κ1) is 15.4. The van der Waals surface area contributed by atoms with Crippen LogP contribution in [0.2, 0.25) is 0 Å². The van der Waals surface area contributed by atoms with Crippen LogP contribution in [0.5, 0.6) is 0 Å². The Labute approximate surface area is 142 Å². The largest absolute Gasteiger partial charge is 0.341 e. The molecule has 5 nitrogen and oxygen atoms in total. The zero-order chi connectivity index (χ0) is 16.5. The Hall–Kier alpha value is -2.17. The monoisotopic (exact) mass is 325 g/mol. The van der Waals surface area contributed by atoms with Crippen LogP contribution >= 0.6 is 0 Å². The van der Waals surface area contributed by atoms with Gasteiger partial charge in [-0.15, -0.1) is 0 Å². The summed E-state index contributed by atoms with van der Waals surface area (Å²) in [4.78, 5) is 19.3. The maximum atomic E-state index is 12.7. The van der Waals surface area contributed by atoms with Gasteiger partial charge in [-0.2, -0.15) is 4.98 Å². The molecule has 1 amide bonds. The van der Waals surface area contributed by atoms with Crippen molar-refractivity contribution in [2.24, 2.45) is 11.8 Å². The van der Waals surface area contributed by atoms with Gasteiger partial charge in [0, 0.05) is 24.6 Å². The molecule has 0 N–H and O–H groups in total. The van der Waals surface area contributed by atoms with Crippen LogP contribution in [0.1, 0.15) is 44.4 Å². The second-order valence-electron chi connectivity index (χ2n) is 7.13. The summed E-state index contributed by atoms with van der Waals surface area (Å²) in [7, 11) is 0. The van der Waals surface area contributed by atoms with Gasteiger partial charge in [-0.05, 0) is 18.8 Å². The molecule has 0 radical (unpaired) electrons. The summed E-state index contributed by atoms with van der Waals surface area (Å²) in [6, 6.07) is 9.85. The predicted octanol–water partition coefficient (Wildman–Crippen LogP) is 3.49. The fraction of sp³-hybridized carbons (Fsp3) is 0.526. The molecule has 5 heteroatoms. The summed E-state index contributed by atoms with van der Waals surface area (Å²) in [6.07, 6.45) is 4.47. The van der Waals surface area contributed by atoms with E-state index in [1.54, 1.807) is 0 Å². The maximum absolute atomic E-state index is 12.7. The molecule has 2 aromatic rings. The Kier molecular flexibility index (Phi) is 4.08. The van der Waals surface area contributed by atoms with E-state index in [4.69, 9.17) is 4.52 Å². The van der Waals surface area contributed by atoms with Crippen LogP contribution in [0.25, 0.3) is 11.4 Å². The quantitative estimate of drug-likeness (QED) is 0.867. The van der Waals surface area contributed by atoms with E-state index in [1.807, 2.05) is 35.2 Å². The number of likely N-dealkylation sites (tertiary alicyclic amines) is 1. The number of aromatic nitrogens is 2. The molecule has 2 fully saturated rings. The van der Waals surface area contributed by atoms with Crippen LogP contribution in [-0.2, 0) is 4.79 Å². The number of hydrogen-bond donors (Lipinski definition) is 0. The zero-order valence-corrected chi connectivity index (χ0v) is 14.0. The van der Waals surface area contributed by atoms with Gasteiger partial charge in [0.15, 0.2) is 0 Å². The molecule has 2 aliphatic rings. The van der Waals surface area contributed by atoms with Crippen LogP contribution in [0.4, 0.5) is 0 Å². The van der Waals surface area contributed by atoms with Crippen molar-refractivity contribution in [2.45, 2.75) is 38.5 Å². The average Bonchev–Trinajstić information content (AvgIpc) is 3.35. The Morgan fingerprint density at radius 1 is 1.17 bits per heavy atom. The molecular weight excluding hydrogens is 302 g/mol. The Morgan fingerprint density at radius 2 is 1.92 bits per heavy atom. The molecule has 24 heavy (non-hydrogen) atoms. The molecule has 2 heterocycles. The Balaban J connectivity index is 1.49. The van der Waals surface area contributed by atoms with Crippen molar-refractivity contribution < 1.29 is 9.32 Å². The number of benzene rings is 1. The topological polar surface area (TPSA) is 59.2 Å². The fourth-order valence-electron chi connectivity index (χ4n) is 3.99. The second-order valence-corrected chi connectivity index (χ2v) is 7.13. The van der Waals surface area contributed by atoms with Gasteiger partial charge in [-0.25, -0.2) is 0 Å². The Bertz CT molecular complexity index is 706. The molecule has 0 spiro atoms. The zero-order valence-electron chi connectivity index (χ0n) is 14.0. The molecule has 2 atom stereocenters. The fourth-order valence-corrected chi connectivity index (χ4v) is 3.99. The van der Waals surface area contributed by atoms with E-state index in [2.05, 4.69) is 17.1 Å². The van der Waals surface area contributed by atoms with Crippen LogP contribution in [0.15, 0.2) is 34.9 Å². The summed E-state index contributed by atoms with van der Waals surface area (Å²) in [6.45, 7) is 3.66. The summed E-state index contributed by atoms with van der Waals surface area (Å²) >= 11 is 0. The predicted molar refractivity (Wildman–Crippen MR) is 90.2 cm³/mol. The van der Waals surface area contributed by atoms with Crippen molar-refractivity contribution in [3.8, 4) is 11.4 Å². The number of hydrogen-bond acceptors (Lipinski definition) is 4. The lowest BCUT2D eigenvalue weighted by molar-refractivity contribution is -0.134. The van der Waals surface area contributed by atoms with Gasteiger partial charge < -0.3 is 9.42 Å². The first-order valence-corrected chi connectivity index (χ1v) is 8.90. The van der Waals surface area contributed by atoms with Crippen LogP contribution in [0.3, 0.4) is 0 Å². The lowest BCUT2D eigenvalue weighted by Gasteiger charge is -2.20. The highest BCUT2D eigenvalue weighted by atomic mass is 16.5. The van der Waals surface area contributed by atoms with Crippen molar-refractivity contribution in [3.63, 3.8) is 0 Å². The van der Waals surface area contributed by atoms with Gasteiger partial charge in [-0.1, -0.05) is 55.3 Å². The lowest BCUT2D eigenvalue weighted by atomic mass is 9.98. The first-order valence-electron chi connectivity index (χ1n) is 8.90. The summed E-state index contributed by atoms with van der Waals surface area (Å²) in [5.74, 6) is 2.32. The highest BCUT2D eigenvalue weighted by Crippen LogP contribution is 2.35. The molecule has 0 unspecified atom stereocenters. The van der Waals surface area contributed by atoms with Crippen LogP contribution < -0.4 is 0 Å². The summed E-state index contributed by atoms with van der Waals surface area (Å²) in [5, 5.41) is 4.12. The van der Waals surface area contributed by atoms with Crippen molar-refractivity contribution >= 4 is 5.91 Å². The van der Waals surface area contributed by atoms with E-state index in [9.17, 15) is 4.79 Å². The smallest absolute Gasteiger partial charge is 0.232 e. The molecule has 1 saturated heterocycles. The number of rotatable bonds is 3. The molecule has 1 aromatic carbocycles. The van der Waals surface area contributed by atoms with Crippen LogP contribution in [-0.4, -0.2) is 34.0 Å². The Morgan fingerprint density at radius 3 is 2.67 bits per heavy atom. The number of carbonyl (C=O) groups excluding carboxylic acids is 1. The normalized spacial score (nSPS) is 24.6. The minimum absolute atomic E-state index is 0.139. The summed E-state index contributed by atoms with van der Waals surface area (Å²) < 4.78 is 5.53.